The number of benzene rings is 4. The van der Waals surface area contributed by atoms with Crippen LogP contribution < -0.4 is 15.6 Å². The van der Waals surface area contributed by atoms with Crippen molar-refractivity contribution in [3.63, 3.8) is 0 Å². The van der Waals surface area contributed by atoms with Crippen LogP contribution in [0.2, 0.25) is 6.55 Å². The van der Waals surface area contributed by atoms with Crippen LogP contribution in [0.3, 0.4) is 0 Å². The van der Waals surface area contributed by atoms with Gasteiger partial charge in [0.2, 0.25) is 0 Å². The molecule has 0 unspecified atom stereocenters. The first-order valence-corrected chi connectivity index (χ1v) is 16.0. The van der Waals surface area contributed by atoms with Crippen molar-refractivity contribution in [2.75, 3.05) is 0 Å². The van der Waals surface area contributed by atoms with Crippen LogP contribution in [-0.2, 0) is 13.4 Å². The number of hydrogen-bond donors (Lipinski definition) is 1. The van der Waals surface area contributed by atoms with E-state index in [2.05, 4.69) is 66.1 Å². The Kier molecular flexibility index (Phi) is 9.17. The van der Waals surface area contributed by atoms with Crippen LogP contribution >= 0.6 is 20.1 Å². The Hall–Kier alpha value is -2.32. The van der Waals surface area contributed by atoms with Gasteiger partial charge in [0, 0.05) is 11.8 Å². The number of para-hydroxylation sites is 2. The number of hydrogen-bond acceptors (Lipinski definition) is 2. The van der Waals surface area contributed by atoms with E-state index in [1.54, 1.807) is 6.21 Å². The Labute approximate surface area is 205 Å². The third-order valence-corrected chi connectivity index (χ3v) is 9.87. The van der Waals surface area contributed by atoms with Gasteiger partial charge in [0.25, 0.3) is 0 Å². The molecule has 0 radical (unpaired) electrons. The number of aromatic hydroxyl groups is 1. The standard InChI is InChI=1S/C26H23NOSi.2ClH.Cr/c1-29(23-15-7-3-8-16-23,24-17-9-4-10-18-24)25-19-11-12-21(26(25)28)20-27-22-13-5-2-6-14-22;;;/h2-20,28H,1H3;2*1H;/q;;;+2/p-2. The SMILES string of the molecule is C[Si](c1ccccc1)(c1ccccc1)c1cccc(C=Nc2ccccc2)c1O.[Cl][Cr][Cl]. The van der Waals surface area contributed by atoms with Crippen molar-refractivity contribution in [3.8, 4) is 5.75 Å². The Morgan fingerprint density at radius 2 is 1.19 bits per heavy atom. The minimum absolute atomic E-state index is 0.181. The van der Waals surface area contributed by atoms with E-state index in [1.807, 2.05) is 54.6 Å². The molecule has 4 aromatic carbocycles. The van der Waals surface area contributed by atoms with Gasteiger partial charge in [0.15, 0.2) is 0 Å². The monoisotopic (exact) mass is 515 g/mol. The van der Waals surface area contributed by atoms with Gasteiger partial charge in [-0.3, -0.25) is 4.99 Å². The molecule has 0 bridgehead atoms. The summed E-state index contributed by atoms with van der Waals surface area (Å²) in [5, 5.41) is 14.8. The maximum atomic E-state index is 11.3. The number of phenolic OH excluding ortho intramolecular Hbond substituents is 1. The molecule has 0 aromatic heterocycles. The zero-order chi connectivity index (χ0) is 22.8. The first-order valence-electron chi connectivity index (χ1n) is 10.0. The first kappa shape index (κ1) is 24.3. The normalized spacial score (nSPS) is 11.1. The molecule has 0 spiro atoms. The van der Waals surface area contributed by atoms with Gasteiger partial charge in [-0.2, -0.15) is 0 Å². The van der Waals surface area contributed by atoms with Crippen LogP contribution in [0.25, 0.3) is 0 Å². The first-order chi connectivity index (χ1) is 15.6. The third-order valence-electron chi connectivity index (χ3n) is 5.42. The van der Waals surface area contributed by atoms with Gasteiger partial charge in [0.1, 0.15) is 13.8 Å². The molecule has 0 aliphatic heterocycles. The fourth-order valence-electron chi connectivity index (χ4n) is 3.75. The van der Waals surface area contributed by atoms with Crippen LogP contribution in [0.1, 0.15) is 5.56 Å². The van der Waals surface area contributed by atoms with Crippen molar-refractivity contribution < 1.29 is 18.5 Å². The van der Waals surface area contributed by atoms with Gasteiger partial charge >= 0.3 is 33.5 Å². The summed E-state index contributed by atoms with van der Waals surface area (Å²) in [6.45, 7) is 2.30. The third kappa shape index (κ3) is 5.72. The van der Waals surface area contributed by atoms with E-state index in [0.717, 1.165) is 16.4 Å². The summed E-state index contributed by atoms with van der Waals surface area (Å²) >= 11 is -0.181. The zero-order valence-corrected chi connectivity index (χ0v) is 21.3. The van der Waals surface area contributed by atoms with Crippen LogP contribution in [0.4, 0.5) is 5.69 Å². The summed E-state index contributed by atoms with van der Waals surface area (Å²) in [5.74, 6) is 0.314. The summed E-state index contributed by atoms with van der Waals surface area (Å²) in [6, 6.07) is 36.8. The molecule has 2 nitrogen and oxygen atoms in total. The Balaban J connectivity index is 0.000000913. The molecule has 4 aromatic rings. The number of aliphatic imine (C=N–C) groups is 1. The van der Waals surface area contributed by atoms with Crippen LogP contribution in [0.15, 0.2) is 114 Å². The van der Waals surface area contributed by atoms with Gasteiger partial charge in [-0.25, -0.2) is 0 Å². The summed E-state index contributed by atoms with van der Waals surface area (Å²) in [7, 11) is 7.28. The van der Waals surface area contributed by atoms with Crippen molar-refractivity contribution in [1.82, 2.24) is 0 Å². The van der Waals surface area contributed by atoms with E-state index < -0.39 is 8.07 Å². The number of rotatable bonds is 5. The second-order valence-electron chi connectivity index (χ2n) is 7.25. The molecule has 1 N–H and O–H groups in total. The summed E-state index contributed by atoms with van der Waals surface area (Å²) in [4.78, 5) is 4.54. The van der Waals surface area contributed by atoms with Gasteiger partial charge in [-0.1, -0.05) is 97.5 Å². The molecule has 0 aliphatic rings. The van der Waals surface area contributed by atoms with Gasteiger partial charge in [-0.15, -0.1) is 0 Å². The fourth-order valence-corrected chi connectivity index (χ4v) is 7.47. The van der Waals surface area contributed by atoms with Crippen LogP contribution in [-0.4, -0.2) is 19.4 Å². The maximum absolute atomic E-state index is 11.3. The number of nitrogens with zero attached hydrogens (tertiary/aromatic N) is 1. The predicted molar refractivity (Wildman–Crippen MR) is 137 cm³/mol. The molecular formula is C26H23Cl2CrNOSi. The molecule has 4 rings (SSSR count). The summed E-state index contributed by atoms with van der Waals surface area (Å²) in [6.07, 6.45) is 1.75. The van der Waals surface area contributed by atoms with Crippen molar-refractivity contribution in [3.05, 3.63) is 115 Å². The van der Waals surface area contributed by atoms with Gasteiger partial charge < -0.3 is 5.11 Å². The van der Waals surface area contributed by atoms with Crippen molar-refractivity contribution in [2.45, 2.75) is 6.55 Å². The van der Waals surface area contributed by atoms with Crippen LogP contribution in [0.5, 0.6) is 5.75 Å². The second-order valence-corrected chi connectivity index (χ2v) is 13.3. The average Bonchev–Trinajstić information content (AvgIpc) is 2.85. The molecule has 162 valence electrons. The van der Waals surface area contributed by atoms with E-state index >= 15 is 0 Å². The minimum atomic E-state index is -2.37. The van der Waals surface area contributed by atoms with E-state index in [4.69, 9.17) is 20.1 Å². The Morgan fingerprint density at radius 3 is 1.69 bits per heavy atom. The van der Waals surface area contributed by atoms with Gasteiger partial charge in [0.05, 0.1) is 5.69 Å². The number of halogens is 2. The molecule has 6 heteroatoms. The fraction of sp³-hybridized carbons (Fsp3) is 0.0385. The Bertz CT molecular complexity index is 1100. The van der Waals surface area contributed by atoms with Crippen molar-refractivity contribution in [1.29, 1.82) is 0 Å². The Morgan fingerprint density at radius 1 is 0.719 bits per heavy atom. The van der Waals surface area contributed by atoms with E-state index in [1.165, 1.54) is 10.4 Å². The van der Waals surface area contributed by atoms with E-state index in [0.29, 0.717) is 5.75 Å². The molecular weight excluding hydrogens is 493 g/mol. The van der Waals surface area contributed by atoms with E-state index in [-0.39, 0.29) is 13.4 Å². The molecule has 0 saturated carbocycles. The second kappa shape index (κ2) is 12.1. The number of phenols is 1. The quantitative estimate of drug-likeness (QED) is 0.209. The topological polar surface area (TPSA) is 32.6 Å². The van der Waals surface area contributed by atoms with Crippen molar-refractivity contribution in [2.24, 2.45) is 4.99 Å². The molecule has 0 aliphatic carbocycles. The molecule has 0 atom stereocenters. The molecule has 32 heavy (non-hydrogen) atoms. The molecule has 0 heterocycles. The average molecular weight is 516 g/mol. The molecule has 0 amide bonds. The summed E-state index contributed by atoms with van der Waals surface area (Å²) < 4.78 is 0. The molecule has 0 fully saturated rings. The van der Waals surface area contributed by atoms with E-state index in [9.17, 15) is 5.11 Å². The zero-order valence-electron chi connectivity index (χ0n) is 17.5. The van der Waals surface area contributed by atoms with Gasteiger partial charge in [-0.05, 0) is 33.8 Å². The van der Waals surface area contributed by atoms with Crippen LogP contribution in [0, 0.1) is 0 Å². The van der Waals surface area contributed by atoms with Crippen molar-refractivity contribution >= 4 is 55.6 Å². The molecule has 0 saturated heterocycles. The predicted octanol–water partition coefficient (Wildman–Crippen LogP) is 5.62. The summed E-state index contributed by atoms with van der Waals surface area (Å²) in [5.41, 5.74) is 1.60.